The lowest BCUT2D eigenvalue weighted by Gasteiger charge is -2.17. The van der Waals surface area contributed by atoms with Gasteiger partial charge in [-0.1, -0.05) is 48.5 Å². The standard InChI is InChI=1S/C18H19NO3/c1-2-22-18(21)16(13-14-9-5-3-6-10-14)19-17(20)15-11-7-4-8-12-15/h3-12,16H,2,13H2,1H3,(H,19,20)/t16-/m0/s1. The Labute approximate surface area is 130 Å². The number of hydrogen-bond donors (Lipinski definition) is 1. The summed E-state index contributed by atoms with van der Waals surface area (Å²) >= 11 is 0. The van der Waals surface area contributed by atoms with Gasteiger partial charge in [-0.25, -0.2) is 4.79 Å². The highest BCUT2D eigenvalue weighted by Gasteiger charge is 2.22. The molecule has 4 heteroatoms. The van der Waals surface area contributed by atoms with Crippen molar-refractivity contribution in [2.45, 2.75) is 19.4 Å². The molecule has 4 nitrogen and oxygen atoms in total. The van der Waals surface area contributed by atoms with Gasteiger partial charge in [0.25, 0.3) is 5.91 Å². The normalized spacial score (nSPS) is 11.5. The van der Waals surface area contributed by atoms with Crippen LogP contribution in [-0.2, 0) is 16.0 Å². The van der Waals surface area contributed by atoms with Crippen LogP contribution in [-0.4, -0.2) is 24.5 Å². The molecule has 0 bridgehead atoms. The first-order chi connectivity index (χ1) is 10.7. The fraction of sp³-hybridized carbons (Fsp3) is 0.222. The molecule has 0 spiro atoms. The number of amides is 1. The molecule has 0 aliphatic carbocycles. The number of rotatable bonds is 6. The van der Waals surface area contributed by atoms with Crippen LogP contribution in [0.5, 0.6) is 0 Å². The molecule has 0 unspecified atom stereocenters. The fourth-order valence-corrected chi connectivity index (χ4v) is 2.12. The second-order valence-electron chi connectivity index (χ2n) is 4.83. The van der Waals surface area contributed by atoms with Crippen molar-refractivity contribution in [2.75, 3.05) is 6.61 Å². The lowest BCUT2D eigenvalue weighted by Crippen LogP contribution is -2.43. The van der Waals surface area contributed by atoms with E-state index < -0.39 is 12.0 Å². The average Bonchev–Trinajstić information content (AvgIpc) is 2.56. The summed E-state index contributed by atoms with van der Waals surface area (Å²) in [5.41, 5.74) is 1.48. The number of carbonyl (C=O) groups is 2. The summed E-state index contributed by atoms with van der Waals surface area (Å²) in [5.74, 6) is -0.704. The average molecular weight is 297 g/mol. The highest BCUT2D eigenvalue weighted by atomic mass is 16.5. The maximum Gasteiger partial charge on any atom is 0.328 e. The Morgan fingerprint density at radius 3 is 2.18 bits per heavy atom. The molecule has 2 rings (SSSR count). The molecule has 0 radical (unpaired) electrons. The first-order valence-electron chi connectivity index (χ1n) is 7.27. The fourth-order valence-electron chi connectivity index (χ4n) is 2.12. The van der Waals surface area contributed by atoms with Gasteiger partial charge in [0.1, 0.15) is 6.04 Å². The molecule has 22 heavy (non-hydrogen) atoms. The van der Waals surface area contributed by atoms with Crippen molar-refractivity contribution < 1.29 is 14.3 Å². The topological polar surface area (TPSA) is 55.4 Å². The van der Waals surface area contributed by atoms with Gasteiger partial charge in [0.2, 0.25) is 0 Å². The molecule has 0 saturated heterocycles. The van der Waals surface area contributed by atoms with Crippen LogP contribution < -0.4 is 5.32 Å². The summed E-state index contributed by atoms with van der Waals surface area (Å²) in [7, 11) is 0. The summed E-state index contributed by atoms with van der Waals surface area (Å²) in [6.07, 6.45) is 0.401. The molecule has 2 aromatic rings. The smallest absolute Gasteiger partial charge is 0.328 e. The Hall–Kier alpha value is -2.62. The third-order valence-corrected chi connectivity index (χ3v) is 3.20. The second kappa shape index (κ2) is 7.98. The van der Waals surface area contributed by atoms with Gasteiger partial charge in [-0.3, -0.25) is 4.79 Å². The summed E-state index contributed by atoms with van der Waals surface area (Å²) in [6, 6.07) is 17.7. The van der Waals surface area contributed by atoms with Crippen molar-refractivity contribution in [2.24, 2.45) is 0 Å². The van der Waals surface area contributed by atoms with Gasteiger partial charge in [-0.2, -0.15) is 0 Å². The molecular formula is C18H19NO3. The zero-order chi connectivity index (χ0) is 15.8. The van der Waals surface area contributed by atoms with E-state index in [1.807, 2.05) is 36.4 Å². The number of ether oxygens (including phenoxy) is 1. The van der Waals surface area contributed by atoms with Crippen LogP contribution in [0.1, 0.15) is 22.8 Å². The summed E-state index contributed by atoms with van der Waals surface area (Å²) < 4.78 is 5.06. The number of hydrogen-bond acceptors (Lipinski definition) is 3. The number of esters is 1. The SMILES string of the molecule is CCOC(=O)[C@H](Cc1ccccc1)NC(=O)c1ccccc1. The summed E-state index contributed by atoms with van der Waals surface area (Å²) in [4.78, 5) is 24.3. The van der Waals surface area contributed by atoms with Crippen molar-refractivity contribution >= 4 is 11.9 Å². The van der Waals surface area contributed by atoms with E-state index >= 15 is 0 Å². The maximum atomic E-state index is 12.2. The zero-order valence-electron chi connectivity index (χ0n) is 12.5. The van der Waals surface area contributed by atoms with E-state index in [4.69, 9.17) is 4.74 Å². The van der Waals surface area contributed by atoms with Crippen LogP contribution >= 0.6 is 0 Å². The van der Waals surface area contributed by atoms with Crippen molar-refractivity contribution in [3.63, 3.8) is 0 Å². The predicted octanol–water partition coefficient (Wildman–Crippen LogP) is 2.59. The van der Waals surface area contributed by atoms with E-state index in [-0.39, 0.29) is 12.5 Å². The van der Waals surface area contributed by atoms with Crippen LogP contribution in [0.15, 0.2) is 60.7 Å². The molecule has 1 atom stereocenters. The minimum atomic E-state index is -0.699. The molecule has 2 aromatic carbocycles. The van der Waals surface area contributed by atoms with Crippen LogP contribution in [0.2, 0.25) is 0 Å². The van der Waals surface area contributed by atoms with E-state index in [0.717, 1.165) is 5.56 Å². The van der Waals surface area contributed by atoms with Gasteiger partial charge in [0, 0.05) is 12.0 Å². The molecule has 0 saturated carbocycles. The molecule has 0 aliphatic heterocycles. The van der Waals surface area contributed by atoms with Crippen LogP contribution in [0.25, 0.3) is 0 Å². The Balaban J connectivity index is 2.11. The Morgan fingerprint density at radius 1 is 1.00 bits per heavy atom. The van der Waals surface area contributed by atoms with Gasteiger partial charge < -0.3 is 10.1 Å². The van der Waals surface area contributed by atoms with Gasteiger partial charge in [0.15, 0.2) is 0 Å². The lowest BCUT2D eigenvalue weighted by molar-refractivity contribution is -0.145. The predicted molar refractivity (Wildman–Crippen MR) is 84.5 cm³/mol. The van der Waals surface area contributed by atoms with E-state index in [0.29, 0.717) is 12.0 Å². The summed E-state index contributed by atoms with van der Waals surface area (Å²) in [6.45, 7) is 2.03. The molecule has 114 valence electrons. The van der Waals surface area contributed by atoms with E-state index in [9.17, 15) is 9.59 Å². The molecule has 0 aliphatic rings. The van der Waals surface area contributed by atoms with Crippen molar-refractivity contribution in [1.82, 2.24) is 5.32 Å². The van der Waals surface area contributed by atoms with Gasteiger partial charge in [-0.15, -0.1) is 0 Å². The first kappa shape index (κ1) is 15.8. The first-order valence-corrected chi connectivity index (χ1v) is 7.27. The van der Waals surface area contributed by atoms with Gasteiger partial charge in [-0.05, 0) is 24.6 Å². The van der Waals surface area contributed by atoms with E-state index in [2.05, 4.69) is 5.32 Å². The molecule has 0 fully saturated rings. The number of carbonyl (C=O) groups excluding carboxylic acids is 2. The molecular weight excluding hydrogens is 278 g/mol. The van der Waals surface area contributed by atoms with Gasteiger partial charge >= 0.3 is 5.97 Å². The minimum Gasteiger partial charge on any atom is -0.464 e. The third kappa shape index (κ3) is 4.45. The Morgan fingerprint density at radius 2 is 1.59 bits per heavy atom. The minimum absolute atomic E-state index is 0.283. The molecule has 0 heterocycles. The number of nitrogens with one attached hydrogen (secondary N) is 1. The van der Waals surface area contributed by atoms with E-state index in [1.54, 1.807) is 31.2 Å². The number of benzene rings is 2. The largest absolute Gasteiger partial charge is 0.464 e. The van der Waals surface area contributed by atoms with Gasteiger partial charge in [0.05, 0.1) is 6.61 Å². The van der Waals surface area contributed by atoms with Crippen LogP contribution in [0.4, 0.5) is 0 Å². The highest BCUT2D eigenvalue weighted by molar-refractivity contribution is 5.96. The Kier molecular flexibility index (Phi) is 5.72. The van der Waals surface area contributed by atoms with Crippen molar-refractivity contribution in [1.29, 1.82) is 0 Å². The van der Waals surface area contributed by atoms with Crippen LogP contribution in [0, 0.1) is 0 Å². The third-order valence-electron chi connectivity index (χ3n) is 3.20. The van der Waals surface area contributed by atoms with E-state index in [1.165, 1.54) is 0 Å². The quantitative estimate of drug-likeness (QED) is 0.834. The Bertz CT molecular complexity index is 611. The lowest BCUT2D eigenvalue weighted by atomic mass is 10.1. The molecule has 1 amide bonds. The zero-order valence-corrected chi connectivity index (χ0v) is 12.5. The summed E-state index contributed by atoms with van der Waals surface area (Å²) in [5, 5.41) is 2.75. The van der Waals surface area contributed by atoms with Crippen LogP contribution in [0.3, 0.4) is 0 Å². The molecule has 0 aromatic heterocycles. The second-order valence-corrected chi connectivity index (χ2v) is 4.83. The molecule has 1 N–H and O–H groups in total. The maximum absolute atomic E-state index is 12.2. The monoisotopic (exact) mass is 297 g/mol. The van der Waals surface area contributed by atoms with Crippen molar-refractivity contribution in [3.05, 3.63) is 71.8 Å². The highest BCUT2D eigenvalue weighted by Crippen LogP contribution is 2.07. The van der Waals surface area contributed by atoms with Crippen molar-refractivity contribution in [3.8, 4) is 0 Å².